The lowest BCUT2D eigenvalue weighted by Gasteiger charge is -2.40. The van der Waals surface area contributed by atoms with E-state index in [0.717, 1.165) is 30.7 Å². The largest absolute Gasteiger partial charge is 0.379 e. The topological polar surface area (TPSA) is 84.0 Å². The predicted octanol–water partition coefficient (Wildman–Crippen LogP) is 6.56. The van der Waals surface area contributed by atoms with E-state index in [9.17, 15) is 9.59 Å². The number of rotatable bonds is 17. The first kappa shape index (κ1) is 38.1. The second-order valence-electron chi connectivity index (χ2n) is 13.2. The Morgan fingerprint density at radius 2 is 1.80 bits per heavy atom. The van der Waals surface area contributed by atoms with Crippen LogP contribution in [0.3, 0.4) is 0 Å². The number of nitrogens with one attached hydrogen (secondary N) is 1. The van der Waals surface area contributed by atoms with Crippen LogP contribution < -0.4 is 5.32 Å². The number of likely N-dealkylation sites (tertiary alicyclic amines) is 1. The Labute approximate surface area is 286 Å². The van der Waals surface area contributed by atoms with Crippen LogP contribution in [0.25, 0.3) is 0 Å². The number of amides is 2. The van der Waals surface area contributed by atoms with E-state index < -0.39 is 6.10 Å². The maximum absolute atomic E-state index is 14.1. The highest BCUT2D eigenvalue weighted by Crippen LogP contribution is 2.31. The van der Waals surface area contributed by atoms with Crippen LogP contribution in [0, 0.1) is 23.7 Å². The van der Waals surface area contributed by atoms with Gasteiger partial charge in [0.05, 0.1) is 41.7 Å². The highest BCUT2D eigenvalue weighted by Gasteiger charge is 2.42. The Kier molecular flexibility index (Phi) is 15.1. The normalized spacial score (nSPS) is 19.6. The maximum atomic E-state index is 14.1. The maximum Gasteiger partial charge on any atom is 0.225 e. The van der Waals surface area contributed by atoms with Gasteiger partial charge in [0.2, 0.25) is 11.8 Å². The van der Waals surface area contributed by atoms with Gasteiger partial charge < -0.3 is 24.6 Å². The summed E-state index contributed by atoms with van der Waals surface area (Å²) in [6, 6.07) is 9.96. The van der Waals surface area contributed by atoms with Crippen molar-refractivity contribution < 1.29 is 19.1 Å². The van der Waals surface area contributed by atoms with Crippen molar-refractivity contribution >= 4 is 40.4 Å². The average molecular weight is 673 g/mol. The van der Waals surface area contributed by atoms with Gasteiger partial charge in [-0.25, -0.2) is 4.98 Å². The van der Waals surface area contributed by atoms with Gasteiger partial charge in [-0.1, -0.05) is 90.5 Å². The van der Waals surface area contributed by atoms with Crippen LogP contribution in [0.5, 0.6) is 0 Å². The molecule has 2 aromatic rings. The van der Waals surface area contributed by atoms with Gasteiger partial charge >= 0.3 is 0 Å². The molecule has 1 N–H and O–H groups in total. The van der Waals surface area contributed by atoms with Gasteiger partial charge in [0.25, 0.3) is 0 Å². The van der Waals surface area contributed by atoms with Gasteiger partial charge in [-0.3, -0.25) is 9.59 Å². The molecule has 2 heterocycles. The lowest BCUT2D eigenvalue weighted by atomic mass is 9.88. The standard InChI is InChI=1S/C36H56N4O4S2/c1-10-24(4)32(39(7)36(42)25(5)23(2)3)30(43-8)22-31(41)40-19-14-17-29(40)33(44-9)26(6)34(45)38-28(35-37-18-20-46-35)21-27-15-12-11-13-16-27/h11-13,15-16,18,20,23-26,28-30,32-33H,10,14,17,19,21-22H2,1-9H3,(H,38,45)/t24-,25-,26+,28-,29-,30+,32-,33+/m0/s1. The van der Waals surface area contributed by atoms with Crippen LogP contribution in [-0.4, -0.2) is 83.7 Å². The van der Waals surface area contributed by atoms with Crippen molar-refractivity contribution in [3.63, 3.8) is 0 Å². The number of thiazole rings is 1. The number of hydrogen-bond donors (Lipinski definition) is 1. The van der Waals surface area contributed by atoms with E-state index in [4.69, 9.17) is 21.7 Å². The number of hydrogen-bond acceptors (Lipinski definition) is 7. The molecule has 1 fully saturated rings. The van der Waals surface area contributed by atoms with E-state index >= 15 is 0 Å². The summed E-state index contributed by atoms with van der Waals surface area (Å²) in [4.78, 5) is 36.6. The number of nitrogens with zero attached hydrogens (tertiary/aromatic N) is 3. The number of carbonyl (C=O) groups excluding carboxylic acids is 2. The molecule has 1 aromatic carbocycles. The van der Waals surface area contributed by atoms with Crippen molar-refractivity contribution in [3.8, 4) is 0 Å². The Morgan fingerprint density at radius 1 is 1.11 bits per heavy atom. The van der Waals surface area contributed by atoms with E-state index in [1.165, 1.54) is 5.56 Å². The van der Waals surface area contributed by atoms with Crippen LogP contribution in [0.4, 0.5) is 0 Å². The number of likely N-dealkylation sites (N-methyl/N-ethyl adjacent to an activating group) is 1. The van der Waals surface area contributed by atoms with Crippen molar-refractivity contribution in [2.75, 3.05) is 27.8 Å². The number of benzene rings is 1. The smallest absolute Gasteiger partial charge is 0.225 e. The minimum absolute atomic E-state index is 0.0262. The molecule has 0 spiro atoms. The first-order chi connectivity index (χ1) is 21.9. The molecule has 2 amide bonds. The first-order valence-electron chi connectivity index (χ1n) is 16.8. The Hall–Kier alpha value is -2.40. The molecule has 0 aliphatic carbocycles. The van der Waals surface area contributed by atoms with Gasteiger partial charge in [-0.15, -0.1) is 11.3 Å². The van der Waals surface area contributed by atoms with Crippen molar-refractivity contribution in [3.05, 3.63) is 52.5 Å². The molecule has 1 aliphatic heterocycles. The molecule has 1 saturated heterocycles. The molecule has 256 valence electrons. The van der Waals surface area contributed by atoms with Gasteiger partial charge in [-0.05, 0) is 36.7 Å². The van der Waals surface area contributed by atoms with Crippen LogP contribution in [0.1, 0.15) is 83.8 Å². The number of ether oxygens (including phenoxy) is 2. The van der Waals surface area contributed by atoms with Gasteiger partial charge in [0, 0.05) is 51.2 Å². The summed E-state index contributed by atoms with van der Waals surface area (Å²) in [6.45, 7) is 13.1. The summed E-state index contributed by atoms with van der Waals surface area (Å²) in [5.74, 6) is 0.257. The van der Waals surface area contributed by atoms with Gasteiger partial charge in [-0.2, -0.15) is 0 Å². The third-order valence-corrected chi connectivity index (χ3v) is 11.4. The number of aromatic nitrogens is 1. The van der Waals surface area contributed by atoms with Crippen molar-refractivity contribution in [1.82, 2.24) is 20.1 Å². The second-order valence-corrected chi connectivity index (χ2v) is 14.6. The van der Waals surface area contributed by atoms with E-state index in [1.807, 2.05) is 53.5 Å². The Balaban J connectivity index is 1.75. The lowest BCUT2D eigenvalue weighted by Crippen LogP contribution is -2.54. The quantitative estimate of drug-likeness (QED) is 0.191. The molecular weight excluding hydrogens is 617 g/mol. The molecular formula is C36H56N4O4S2. The average Bonchev–Trinajstić information content (AvgIpc) is 3.77. The third kappa shape index (κ3) is 9.58. The fourth-order valence-electron chi connectivity index (χ4n) is 6.67. The predicted molar refractivity (Wildman–Crippen MR) is 191 cm³/mol. The van der Waals surface area contributed by atoms with E-state index in [2.05, 4.69) is 57.1 Å². The zero-order valence-corrected chi connectivity index (χ0v) is 30.9. The molecule has 1 aliphatic rings. The van der Waals surface area contributed by atoms with Crippen molar-refractivity contribution in [2.45, 2.75) is 104 Å². The van der Waals surface area contributed by atoms with E-state index in [0.29, 0.717) is 11.5 Å². The highest BCUT2D eigenvalue weighted by molar-refractivity contribution is 7.80. The van der Waals surface area contributed by atoms with Gasteiger partial charge in [0.15, 0.2) is 0 Å². The summed E-state index contributed by atoms with van der Waals surface area (Å²) in [5.41, 5.74) is 1.20. The summed E-state index contributed by atoms with van der Waals surface area (Å²) in [6.07, 6.45) is 4.70. The third-order valence-electron chi connectivity index (χ3n) is 10.00. The Bertz CT molecular complexity index is 1230. The minimum atomic E-state index is -0.421. The summed E-state index contributed by atoms with van der Waals surface area (Å²) >= 11 is 7.62. The number of carbonyl (C=O) groups is 2. The zero-order chi connectivity index (χ0) is 34.0. The fourth-order valence-corrected chi connectivity index (χ4v) is 7.64. The lowest BCUT2D eigenvalue weighted by molar-refractivity contribution is -0.147. The molecule has 1 aromatic heterocycles. The second kappa shape index (κ2) is 18.2. The SMILES string of the molecule is CC[C@H](C)[C@@H]([C@@H](CC(=O)N1CCC[C@H]1[C@H](OC)[C@@H](C)C(=S)N[C@@H](Cc1ccccc1)c1nccs1)OC)N(C)C(=O)[C@@H](C)C(C)C. The molecule has 0 unspecified atom stereocenters. The van der Waals surface area contributed by atoms with Crippen LogP contribution >= 0.6 is 23.6 Å². The molecule has 8 nitrogen and oxygen atoms in total. The summed E-state index contributed by atoms with van der Waals surface area (Å²) < 4.78 is 12.1. The molecule has 46 heavy (non-hydrogen) atoms. The molecule has 0 radical (unpaired) electrons. The van der Waals surface area contributed by atoms with Gasteiger partial charge in [0.1, 0.15) is 5.01 Å². The van der Waals surface area contributed by atoms with Crippen LogP contribution in [0.2, 0.25) is 0 Å². The van der Waals surface area contributed by atoms with E-state index in [-0.39, 0.29) is 66.1 Å². The summed E-state index contributed by atoms with van der Waals surface area (Å²) in [5, 5.41) is 6.57. The summed E-state index contributed by atoms with van der Waals surface area (Å²) in [7, 11) is 5.22. The highest BCUT2D eigenvalue weighted by atomic mass is 32.1. The van der Waals surface area contributed by atoms with Crippen LogP contribution in [0.15, 0.2) is 41.9 Å². The number of thiocarbonyl (C=S) groups is 1. The Morgan fingerprint density at radius 3 is 2.37 bits per heavy atom. The van der Waals surface area contributed by atoms with E-state index in [1.54, 1.807) is 25.6 Å². The molecule has 0 bridgehead atoms. The minimum Gasteiger partial charge on any atom is -0.379 e. The monoisotopic (exact) mass is 672 g/mol. The van der Waals surface area contributed by atoms with Crippen LogP contribution in [-0.2, 0) is 25.5 Å². The molecule has 3 rings (SSSR count). The zero-order valence-electron chi connectivity index (χ0n) is 29.3. The number of methoxy groups -OCH3 is 2. The fraction of sp³-hybridized carbons (Fsp3) is 0.667. The van der Waals surface area contributed by atoms with Crippen molar-refractivity contribution in [2.24, 2.45) is 23.7 Å². The first-order valence-corrected chi connectivity index (χ1v) is 18.1. The molecule has 8 atom stereocenters. The molecule has 0 saturated carbocycles. The van der Waals surface area contributed by atoms with Crippen molar-refractivity contribution in [1.29, 1.82) is 0 Å². The molecule has 10 heteroatoms.